The summed E-state index contributed by atoms with van der Waals surface area (Å²) < 4.78 is 15.8. The van der Waals surface area contributed by atoms with Crippen molar-refractivity contribution in [3.63, 3.8) is 0 Å². The first-order valence-corrected chi connectivity index (χ1v) is 8.67. The van der Waals surface area contributed by atoms with Crippen molar-refractivity contribution in [1.82, 2.24) is 0 Å². The third-order valence-electron chi connectivity index (χ3n) is 3.59. The summed E-state index contributed by atoms with van der Waals surface area (Å²) in [7, 11) is -4.71. The summed E-state index contributed by atoms with van der Waals surface area (Å²) >= 11 is 0. The molecule has 2 aromatic carbocycles. The second-order valence-corrected chi connectivity index (χ2v) is 6.44. The minimum atomic E-state index is -4.71. The number of phosphoric acid groups is 1. The number of phosphoric ester groups is 1. The molecular weight excluding hydrogens is 319 g/mol. The Bertz CT molecular complexity index is 707. The zero-order valence-corrected chi connectivity index (χ0v) is 13.5. The van der Waals surface area contributed by atoms with Crippen LogP contribution in [0.3, 0.4) is 0 Å². The fraction of sp³-hybridized carbons (Fsp3) is 0.250. The Morgan fingerprint density at radius 3 is 2.22 bits per heavy atom. The number of benzene rings is 2. The largest absolute Gasteiger partial charge is 0.524 e. The van der Waals surface area contributed by atoms with E-state index in [9.17, 15) is 14.8 Å². The van der Waals surface area contributed by atoms with Crippen molar-refractivity contribution in [2.24, 2.45) is 0 Å². The van der Waals surface area contributed by atoms with E-state index in [1.165, 1.54) is 12.1 Å². The molecule has 0 saturated heterocycles. The molecule has 2 aromatic rings. The number of phenolic OH excluding ortho intramolecular Hbond substituents is 2. The van der Waals surface area contributed by atoms with Gasteiger partial charge in [-0.3, -0.25) is 9.79 Å². The van der Waals surface area contributed by atoms with Crippen LogP contribution in [0.5, 0.6) is 17.2 Å². The van der Waals surface area contributed by atoms with Crippen LogP contribution < -0.4 is 4.52 Å². The Balaban J connectivity index is 2.30. The first kappa shape index (κ1) is 17.3. The van der Waals surface area contributed by atoms with Crippen molar-refractivity contribution < 1.29 is 29.1 Å². The Labute approximate surface area is 134 Å². The van der Waals surface area contributed by atoms with Gasteiger partial charge in [-0.1, -0.05) is 25.1 Å². The molecule has 124 valence electrons. The second kappa shape index (κ2) is 7.04. The minimum Gasteiger partial charge on any atom is -0.508 e. The van der Waals surface area contributed by atoms with Gasteiger partial charge in [0.15, 0.2) is 0 Å². The predicted molar refractivity (Wildman–Crippen MR) is 85.6 cm³/mol. The van der Waals surface area contributed by atoms with Crippen molar-refractivity contribution in [3.8, 4) is 17.2 Å². The van der Waals surface area contributed by atoms with E-state index in [2.05, 4.69) is 4.52 Å². The smallest absolute Gasteiger partial charge is 0.508 e. The van der Waals surface area contributed by atoms with E-state index < -0.39 is 7.82 Å². The van der Waals surface area contributed by atoms with Crippen LogP contribution in [-0.2, 0) is 11.0 Å². The van der Waals surface area contributed by atoms with E-state index in [0.717, 1.165) is 12.0 Å². The molecule has 0 aliphatic heterocycles. The topological polar surface area (TPSA) is 107 Å². The maximum atomic E-state index is 11.1. The van der Waals surface area contributed by atoms with Crippen molar-refractivity contribution in [1.29, 1.82) is 0 Å². The number of phenols is 2. The molecule has 7 heteroatoms. The highest BCUT2D eigenvalue weighted by Crippen LogP contribution is 2.41. The third kappa shape index (κ3) is 4.99. The van der Waals surface area contributed by atoms with Crippen molar-refractivity contribution in [2.45, 2.75) is 25.7 Å². The predicted octanol–water partition coefficient (Wildman–Crippen LogP) is 3.31. The minimum absolute atomic E-state index is 0.0319. The van der Waals surface area contributed by atoms with Gasteiger partial charge < -0.3 is 14.7 Å². The number of hydrogen-bond acceptors (Lipinski definition) is 4. The molecule has 0 bridgehead atoms. The van der Waals surface area contributed by atoms with Gasteiger partial charge in [0.2, 0.25) is 0 Å². The maximum absolute atomic E-state index is 11.1. The Morgan fingerprint density at radius 1 is 1.04 bits per heavy atom. The van der Waals surface area contributed by atoms with E-state index in [-0.39, 0.29) is 23.2 Å². The molecule has 0 aliphatic rings. The molecule has 1 unspecified atom stereocenters. The molecule has 0 spiro atoms. The summed E-state index contributed by atoms with van der Waals surface area (Å²) in [6, 6.07) is 11.1. The van der Waals surface area contributed by atoms with Gasteiger partial charge in [0.05, 0.1) is 0 Å². The molecule has 0 aromatic heterocycles. The lowest BCUT2D eigenvalue weighted by atomic mass is 9.89. The number of hydrogen-bond donors (Lipinski definition) is 4. The summed E-state index contributed by atoms with van der Waals surface area (Å²) in [5.74, 6) is 0.100. The molecule has 0 amide bonds. The fourth-order valence-corrected chi connectivity index (χ4v) is 2.86. The van der Waals surface area contributed by atoms with Gasteiger partial charge in [-0.05, 0) is 48.1 Å². The molecule has 0 fully saturated rings. The SMILES string of the molecule is CCC(Cc1ccc(O)cc1OP(=O)(O)O)c1ccc(O)cc1. The Kier molecular flexibility index (Phi) is 5.31. The standard InChI is InChI=1S/C16H19O6P/c1-2-11(12-3-6-14(17)7-4-12)9-13-5-8-15(18)10-16(13)22-23(19,20)21/h3-8,10-11,17-18H,2,9H2,1H3,(H2,19,20,21). The molecule has 0 saturated carbocycles. The van der Waals surface area contributed by atoms with Gasteiger partial charge in [0.25, 0.3) is 0 Å². The van der Waals surface area contributed by atoms with Crippen LogP contribution >= 0.6 is 7.82 Å². The Hall–Kier alpha value is -2.01. The Morgan fingerprint density at radius 2 is 1.65 bits per heavy atom. The van der Waals surface area contributed by atoms with Gasteiger partial charge in [0, 0.05) is 6.07 Å². The van der Waals surface area contributed by atoms with E-state index in [4.69, 9.17) is 9.79 Å². The van der Waals surface area contributed by atoms with Crippen LogP contribution in [0.15, 0.2) is 42.5 Å². The van der Waals surface area contributed by atoms with E-state index in [0.29, 0.717) is 12.0 Å². The van der Waals surface area contributed by atoms with E-state index in [1.54, 1.807) is 18.2 Å². The van der Waals surface area contributed by atoms with Crippen LogP contribution in [0.25, 0.3) is 0 Å². The summed E-state index contributed by atoms with van der Waals surface area (Å²) in [6.07, 6.45) is 1.28. The molecule has 0 aliphatic carbocycles. The first-order chi connectivity index (χ1) is 10.8. The summed E-state index contributed by atoms with van der Waals surface area (Å²) in [6.45, 7) is 2.00. The van der Waals surface area contributed by atoms with Crippen LogP contribution in [0.2, 0.25) is 0 Å². The van der Waals surface area contributed by atoms with Crippen LogP contribution in [0, 0.1) is 0 Å². The lowest BCUT2D eigenvalue weighted by Gasteiger charge is -2.18. The number of rotatable bonds is 6. The lowest BCUT2D eigenvalue weighted by molar-refractivity contribution is 0.281. The van der Waals surface area contributed by atoms with E-state index in [1.807, 2.05) is 19.1 Å². The highest BCUT2D eigenvalue weighted by Gasteiger charge is 2.21. The molecule has 2 rings (SSSR count). The average molecular weight is 338 g/mol. The molecule has 4 N–H and O–H groups in total. The summed E-state index contributed by atoms with van der Waals surface area (Å²) in [5.41, 5.74) is 1.59. The zero-order chi connectivity index (χ0) is 17.0. The van der Waals surface area contributed by atoms with Gasteiger partial charge in [-0.2, -0.15) is 0 Å². The second-order valence-electron chi connectivity index (χ2n) is 5.27. The van der Waals surface area contributed by atoms with Crippen LogP contribution in [0.4, 0.5) is 0 Å². The highest BCUT2D eigenvalue weighted by molar-refractivity contribution is 7.46. The number of aromatic hydroxyl groups is 2. The maximum Gasteiger partial charge on any atom is 0.524 e. The molecule has 0 heterocycles. The average Bonchev–Trinajstić information content (AvgIpc) is 2.46. The molecule has 1 atom stereocenters. The molecule has 23 heavy (non-hydrogen) atoms. The van der Waals surface area contributed by atoms with Crippen molar-refractivity contribution in [3.05, 3.63) is 53.6 Å². The van der Waals surface area contributed by atoms with Gasteiger partial charge >= 0.3 is 7.82 Å². The molecular formula is C16H19O6P. The van der Waals surface area contributed by atoms with Gasteiger partial charge in [-0.15, -0.1) is 0 Å². The normalized spacial score (nSPS) is 12.8. The monoisotopic (exact) mass is 338 g/mol. The highest BCUT2D eigenvalue weighted by atomic mass is 31.2. The van der Waals surface area contributed by atoms with Crippen LogP contribution in [-0.4, -0.2) is 20.0 Å². The summed E-state index contributed by atoms with van der Waals surface area (Å²) in [4.78, 5) is 18.0. The van der Waals surface area contributed by atoms with Gasteiger partial charge in [0.1, 0.15) is 17.2 Å². The lowest BCUT2D eigenvalue weighted by Crippen LogP contribution is -2.04. The van der Waals surface area contributed by atoms with Crippen molar-refractivity contribution >= 4 is 7.82 Å². The zero-order valence-electron chi connectivity index (χ0n) is 12.6. The first-order valence-electron chi connectivity index (χ1n) is 7.14. The molecule has 6 nitrogen and oxygen atoms in total. The fourth-order valence-electron chi connectivity index (χ4n) is 2.43. The van der Waals surface area contributed by atoms with Gasteiger partial charge in [-0.25, -0.2) is 4.57 Å². The van der Waals surface area contributed by atoms with Crippen LogP contribution in [0.1, 0.15) is 30.4 Å². The third-order valence-corrected chi connectivity index (χ3v) is 4.03. The van der Waals surface area contributed by atoms with Crippen molar-refractivity contribution in [2.75, 3.05) is 0 Å². The summed E-state index contributed by atoms with van der Waals surface area (Å²) in [5, 5.41) is 18.9. The molecule has 0 radical (unpaired) electrons. The quantitative estimate of drug-likeness (QED) is 0.602. The van der Waals surface area contributed by atoms with E-state index >= 15 is 0 Å².